The Labute approximate surface area is 161 Å². The van der Waals surface area contributed by atoms with E-state index < -0.39 is 20.6 Å². The number of para-hydroxylation sites is 1. The molecule has 10 heteroatoms. The first-order chi connectivity index (χ1) is 13.4. The molecular formula is C18H17N5O4S. The average molecular weight is 399 g/mol. The molecule has 2 aromatic carbocycles. The Hall–Kier alpha value is -3.66. The van der Waals surface area contributed by atoms with Gasteiger partial charge in [-0.3, -0.25) is 20.3 Å². The molecule has 0 aliphatic heterocycles. The van der Waals surface area contributed by atoms with Crippen molar-refractivity contribution >= 4 is 32.8 Å². The third-order valence-electron chi connectivity index (χ3n) is 3.83. The number of hydrazone groups is 1. The van der Waals surface area contributed by atoms with E-state index in [1.807, 2.05) is 0 Å². The Morgan fingerprint density at radius 1 is 1.11 bits per heavy atom. The second-order valence-corrected chi connectivity index (χ2v) is 7.48. The number of hydrogen-bond acceptors (Lipinski definition) is 6. The van der Waals surface area contributed by atoms with E-state index in [1.54, 1.807) is 55.6 Å². The van der Waals surface area contributed by atoms with Crippen LogP contribution in [0.15, 0.2) is 76.9 Å². The number of hydrogen-bond donors (Lipinski definition) is 3. The molecule has 0 spiro atoms. The van der Waals surface area contributed by atoms with Gasteiger partial charge in [0.2, 0.25) is 0 Å². The van der Waals surface area contributed by atoms with Crippen molar-refractivity contribution in [1.82, 2.24) is 4.98 Å². The fourth-order valence-electron chi connectivity index (χ4n) is 2.40. The summed E-state index contributed by atoms with van der Waals surface area (Å²) in [7, 11) is -3.98. The van der Waals surface area contributed by atoms with Crippen LogP contribution in [0.5, 0.6) is 0 Å². The molecule has 1 aromatic heterocycles. The van der Waals surface area contributed by atoms with Crippen molar-refractivity contribution < 1.29 is 13.3 Å². The summed E-state index contributed by atoms with van der Waals surface area (Å²) in [5, 5.41) is 15.5. The Bertz CT molecular complexity index is 1110. The number of sulfonamides is 1. The van der Waals surface area contributed by atoms with Crippen LogP contribution in [0, 0.1) is 10.1 Å². The molecule has 0 aliphatic rings. The van der Waals surface area contributed by atoms with E-state index >= 15 is 0 Å². The number of aromatic amines is 1. The second-order valence-electron chi connectivity index (χ2n) is 5.80. The molecule has 144 valence electrons. The van der Waals surface area contributed by atoms with Gasteiger partial charge in [0.1, 0.15) is 5.69 Å². The highest BCUT2D eigenvalue weighted by molar-refractivity contribution is 7.92. The summed E-state index contributed by atoms with van der Waals surface area (Å²) >= 11 is 0. The summed E-state index contributed by atoms with van der Waals surface area (Å²) in [5.74, 6) is 0. The SMILES string of the molecule is C/C(=N\Nc1ccc(S(=O)(=O)Nc2ccccc2)cc1[N+](=O)[O-])c1ccc[nH]1. The summed E-state index contributed by atoms with van der Waals surface area (Å²) in [6.07, 6.45) is 1.73. The van der Waals surface area contributed by atoms with Crippen molar-refractivity contribution in [3.05, 3.63) is 82.7 Å². The van der Waals surface area contributed by atoms with Crippen molar-refractivity contribution in [1.29, 1.82) is 0 Å². The Kier molecular flexibility index (Phi) is 5.41. The number of anilines is 2. The quantitative estimate of drug-likeness (QED) is 0.318. The third kappa shape index (κ3) is 4.35. The lowest BCUT2D eigenvalue weighted by Gasteiger charge is -2.09. The maximum absolute atomic E-state index is 12.5. The van der Waals surface area contributed by atoms with Crippen LogP contribution in [0.2, 0.25) is 0 Å². The highest BCUT2D eigenvalue weighted by Crippen LogP contribution is 2.28. The average Bonchev–Trinajstić information content (AvgIpc) is 3.21. The van der Waals surface area contributed by atoms with Gasteiger partial charge in [0.05, 0.1) is 21.2 Å². The summed E-state index contributed by atoms with van der Waals surface area (Å²) in [6.45, 7) is 1.73. The fraction of sp³-hybridized carbons (Fsp3) is 0.0556. The van der Waals surface area contributed by atoms with Crippen molar-refractivity contribution in [2.75, 3.05) is 10.1 Å². The van der Waals surface area contributed by atoms with E-state index in [2.05, 4.69) is 20.2 Å². The zero-order chi connectivity index (χ0) is 20.1. The Morgan fingerprint density at radius 2 is 1.86 bits per heavy atom. The highest BCUT2D eigenvalue weighted by atomic mass is 32.2. The lowest BCUT2D eigenvalue weighted by atomic mass is 10.3. The molecule has 0 radical (unpaired) electrons. The van der Waals surface area contributed by atoms with Gasteiger partial charge in [-0.05, 0) is 43.3 Å². The van der Waals surface area contributed by atoms with E-state index in [-0.39, 0.29) is 10.6 Å². The summed E-state index contributed by atoms with van der Waals surface area (Å²) in [5.41, 5.74) is 3.99. The molecule has 0 aliphatic carbocycles. The topological polar surface area (TPSA) is 129 Å². The minimum atomic E-state index is -3.98. The van der Waals surface area contributed by atoms with Crippen LogP contribution in [0.25, 0.3) is 0 Å². The molecule has 0 atom stereocenters. The first-order valence-electron chi connectivity index (χ1n) is 8.17. The minimum Gasteiger partial charge on any atom is -0.360 e. The van der Waals surface area contributed by atoms with Gasteiger partial charge in [-0.2, -0.15) is 5.10 Å². The summed E-state index contributed by atoms with van der Waals surface area (Å²) < 4.78 is 27.4. The first-order valence-corrected chi connectivity index (χ1v) is 9.65. The van der Waals surface area contributed by atoms with Crippen LogP contribution in [-0.4, -0.2) is 24.0 Å². The molecule has 0 unspecified atom stereocenters. The van der Waals surface area contributed by atoms with Gasteiger partial charge in [-0.25, -0.2) is 8.42 Å². The number of aromatic nitrogens is 1. The van der Waals surface area contributed by atoms with E-state index in [4.69, 9.17) is 0 Å². The van der Waals surface area contributed by atoms with Crippen molar-refractivity contribution in [2.24, 2.45) is 5.10 Å². The van der Waals surface area contributed by atoms with Crippen LogP contribution in [-0.2, 0) is 10.0 Å². The molecule has 9 nitrogen and oxygen atoms in total. The summed E-state index contributed by atoms with van der Waals surface area (Å²) in [6, 6.07) is 15.5. The van der Waals surface area contributed by atoms with Crippen LogP contribution in [0.1, 0.15) is 12.6 Å². The molecule has 28 heavy (non-hydrogen) atoms. The third-order valence-corrected chi connectivity index (χ3v) is 5.21. The van der Waals surface area contributed by atoms with Gasteiger partial charge < -0.3 is 4.98 Å². The van der Waals surface area contributed by atoms with Crippen molar-refractivity contribution in [3.63, 3.8) is 0 Å². The van der Waals surface area contributed by atoms with Gasteiger partial charge in [0.25, 0.3) is 15.7 Å². The number of nitrogens with zero attached hydrogens (tertiary/aromatic N) is 2. The largest absolute Gasteiger partial charge is 0.360 e. The zero-order valence-electron chi connectivity index (χ0n) is 14.8. The molecule has 0 saturated carbocycles. The zero-order valence-corrected chi connectivity index (χ0v) is 15.6. The van der Waals surface area contributed by atoms with Crippen molar-refractivity contribution in [2.45, 2.75) is 11.8 Å². The van der Waals surface area contributed by atoms with Crippen LogP contribution in [0.4, 0.5) is 17.1 Å². The molecule has 1 heterocycles. The predicted octanol–water partition coefficient (Wildman–Crippen LogP) is 3.56. The lowest BCUT2D eigenvalue weighted by molar-refractivity contribution is -0.384. The van der Waals surface area contributed by atoms with E-state index in [0.717, 1.165) is 11.8 Å². The summed E-state index contributed by atoms with van der Waals surface area (Å²) in [4.78, 5) is 13.5. The maximum Gasteiger partial charge on any atom is 0.295 e. The molecule has 0 fully saturated rings. The number of nitro groups is 1. The van der Waals surface area contributed by atoms with Crippen LogP contribution in [0.3, 0.4) is 0 Å². The molecule has 0 bridgehead atoms. The smallest absolute Gasteiger partial charge is 0.295 e. The highest BCUT2D eigenvalue weighted by Gasteiger charge is 2.21. The standard InChI is InChI=1S/C18H17N5O4S/c1-13(16-8-5-11-19-16)20-21-17-10-9-15(12-18(17)23(24)25)28(26,27)22-14-6-3-2-4-7-14/h2-12,19,21-22H,1H3/b20-13+. The van der Waals surface area contributed by atoms with Gasteiger partial charge in [0, 0.05) is 18.0 Å². The van der Waals surface area contributed by atoms with Gasteiger partial charge in [-0.1, -0.05) is 18.2 Å². The molecule has 3 rings (SSSR count). The van der Waals surface area contributed by atoms with E-state index in [0.29, 0.717) is 11.4 Å². The number of nitrogens with one attached hydrogen (secondary N) is 3. The van der Waals surface area contributed by atoms with E-state index in [1.165, 1.54) is 12.1 Å². The minimum absolute atomic E-state index is 0.0783. The Balaban J connectivity index is 1.89. The maximum atomic E-state index is 12.5. The first kappa shape index (κ1) is 19.1. The number of nitro benzene ring substituents is 1. The number of H-pyrrole nitrogens is 1. The molecule has 3 N–H and O–H groups in total. The lowest BCUT2D eigenvalue weighted by Crippen LogP contribution is -2.13. The van der Waals surface area contributed by atoms with Crippen molar-refractivity contribution in [3.8, 4) is 0 Å². The Morgan fingerprint density at radius 3 is 2.50 bits per heavy atom. The van der Waals surface area contributed by atoms with Crippen LogP contribution < -0.4 is 10.1 Å². The van der Waals surface area contributed by atoms with Gasteiger partial charge in [0.15, 0.2) is 0 Å². The second kappa shape index (κ2) is 7.92. The van der Waals surface area contributed by atoms with Gasteiger partial charge in [-0.15, -0.1) is 0 Å². The molecule has 0 saturated heterocycles. The normalized spacial score (nSPS) is 11.8. The van der Waals surface area contributed by atoms with Crippen LogP contribution >= 0.6 is 0 Å². The number of benzene rings is 2. The molecule has 0 amide bonds. The van der Waals surface area contributed by atoms with E-state index in [9.17, 15) is 18.5 Å². The number of rotatable bonds is 7. The molecule has 3 aromatic rings. The fourth-order valence-corrected chi connectivity index (χ4v) is 3.48. The monoisotopic (exact) mass is 399 g/mol. The molecular weight excluding hydrogens is 382 g/mol. The van der Waals surface area contributed by atoms with Gasteiger partial charge >= 0.3 is 0 Å². The predicted molar refractivity (Wildman–Crippen MR) is 107 cm³/mol.